The number of carbonyl (C=O) groups is 1. The fourth-order valence-corrected chi connectivity index (χ4v) is 0.955. The maximum atomic E-state index is 11.4. The number of likely N-dealkylation sites (N-methyl/N-ethyl adjacent to an activating group) is 1. The van der Waals surface area contributed by atoms with Crippen LogP contribution in [-0.2, 0) is 4.74 Å². The van der Waals surface area contributed by atoms with Crippen LogP contribution in [0.2, 0.25) is 0 Å². The molecule has 78 valence electrons. The molecule has 0 aliphatic rings. The molecule has 5 nitrogen and oxygen atoms in total. The fraction of sp³-hybridized carbons (Fsp3) is 0.556. The van der Waals surface area contributed by atoms with Gasteiger partial charge in [0.15, 0.2) is 0 Å². The van der Waals surface area contributed by atoms with E-state index >= 15 is 0 Å². The van der Waals surface area contributed by atoms with Gasteiger partial charge >= 0.3 is 5.97 Å². The highest BCUT2D eigenvalue weighted by Crippen LogP contribution is 2.04. The number of rotatable bonds is 4. The van der Waals surface area contributed by atoms with Crippen molar-refractivity contribution in [2.24, 2.45) is 0 Å². The van der Waals surface area contributed by atoms with Gasteiger partial charge in [-0.3, -0.25) is 5.10 Å². The Hall–Kier alpha value is -1.36. The summed E-state index contributed by atoms with van der Waals surface area (Å²) >= 11 is 0. The van der Waals surface area contributed by atoms with Crippen LogP contribution in [0.3, 0.4) is 0 Å². The number of carbonyl (C=O) groups excluding carboxylic acids is 1. The first-order valence-electron chi connectivity index (χ1n) is 4.43. The lowest BCUT2D eigenvalue weighted by atomic mass is 10.3. The largest absolute Gasteiger partial charge is 0.461 e. The first-order chi connectivity index (χ1) is 6.61. The molecule has 1 N–H and O–H groups in total. The van der Waals surface area contributed by atoms with Crippen molar-refractivity contribution in [3.63, 3.8) is 0 Å². The monoisotopic (exact) mass is 197 g/mol. The third-order valence-corrected chi connectivity index (χ3v) is 1.82. The summed E-state index contributed by atoms with van der Waals surface area (Å²) in [6, 6.07) is 0. The number of nitrogens with zero attached hydrogens (tertiary/aromatic N) is 2. The van der Waals surface area contributed by atoms with Gasteiger partial charge in [0.1, 0.15) is 12.2 Å². The Morgan fingerprint density at radius 2 is 2.36 bits per heavy atom. The van der Waals surface area contributed by atoms with Crippen molar-refractivity contribution in [2.75, 3.05) is 27.2 Å². The van der Waals surface area contributed by atoms with E-state index in [2.05, 4.69) is 10.2 Å². The van der Waals surface area contributed by atoms with Crippen LogP contribution in [0.4, 0.5) is 0 Å². The Labute approximate surface area is 83.1 Å². The average molecular weight is 197 g/mol. The number of H-pyrrole nitrogens is 1. The first kappa shape index (κ1) is 10.7. The number of ether oxygens (including phenoxy) is 1. The van der Waals surface area contributed by atoms with Gasteiger partial charge in [-0.2, -0.15) is 5.10 Å². The lowest BCUT2D eigenvalue weighted by Crippen LogP contribution is -2.20. The van der Waals surface area contributed by atoms with Crippen molar-refractivity contribution >= 4 is 5.97 Å². The smallest absolute Gasteiger partial charge is 0.341 e. The van der Waals surface area contributed by atoms with Crippen molar-refractivity contribution < 1.29 is 9.53 Å². The zero-order chi connectivity index (χ0) is 10.6. The highest BCUT2D eigenvalue weighted by Gasteiger charge is 2.11. The van der Waals surface area contributed by atoms with E-state index in [0.717, 1.165) is 12.2 Å². The molecule has 0 bridgehead atoms. The minimum atomic E-state index is -0.321. The van der Waals surface area contributed by atoms with E-state index in [4.69, 9.17) is 4.74 Å². The lowest BCUT2D eigenvalue weighted by molar-refractivity contribution is 0.0481. The molecule has 0 aliphatic heterocycles. The summed E-state index contributed by atoms with van der Waals surface area (Å²) in [5.74, 6) is -0.321. The molecule has 0 saturated carbocycles. The average Bonchev–Trinajstić information content (AvgIpc) is 2.50. The van der Waals surface area contributed by atoms with Crippen molar-refractivity contribution in [2.45, 2.75) is 6.92 Å². The van der Waals surface area contributed by atoms with Gasteiger partial charge in [0, 0.05) is 12.2 Å². The number of nitrogens with one attached hydrogen (secondary N) is 1. The second-order valence-electron chi connectivity index (χ2n) is 3.35. The Bertz CT molecular complexity index is 307. The molecule has 0 radical (unpaired) electrons. The van der Waals surface area contributed by atoms with E-state index < -0.39 is 0 Å². The van der Waals surface area contributed by atoms with Crippen molar-refractivity contribution in [3.05, 3.63) is 17.5 Å². The summed E-state index contributed by atoms with van der Waals surface area (Å²) < 4.78 is 5.04. The number of aromatic nitrogens is 2. The third-order valence-electron chi connectivity index (χ3n) is 1.82. The van der Waals surface area contributed by atoms with E-state index in [1.165, 1.54) is 6.20 Å². The van der Waals surface area contributed by atoms with Crippen LogP contribution in [0.5, 0.6) is 0 Å². The molecule has 1 aromatic heterocycles. The van der Waals surface area contributed by atoms with E-state index in [1.54, 1.807) is 6.92 Å². The molecule has 0 amide bonds. The van der Waals surface area contributed by atoms with E-state index in [-0.39, 0.29) is 5.97 Å². The van der Waals surface area contributed by atoms with E-state index in [0.29, 0.717) is 12.2 Å². The second kappa shape index (κ2) is 4.76. The fourth-order valence-electron chi connectivity index (χ4n) is 0.955. The summed E-state index contributed by atoms with van der Waals surface area (Å²) in [7, 11) is 3.86. The molecule has 0 aromatic carbocycles. The van der Waals surface area contributed by atoms with Crippen LogP contribution in [-0.4, -0.2) is 48.3 Å². The minimum absolute atomic E-state index is 0.321. The van der Waals surface area contributed by atoms with Crippen molar-refractivity contribution in [3.8, 4) is 0 Å². The Kier molecular flexibility index (Phi) is 3.64. The molecule has 1 aromatic rings. The van der Waals surface area contributed by atoms with Crippen LogP contribution in [0.1, 0.15) is 16.1 Å². The van der Waals surface area contributed by atoms with Crippen LogP contribution in [0.15, 0.2) is 6.20 Å². The molecule has 0 spiro atoms. The van der Waals surface area contributed by atoms with Gasteiger partial charge in [-0.05, 0) is 21.0 Å². The Balaban J connectivity index is 2.40. The molecular weight excluding hydrogens is 182 g/mol. The number of esters is 1. The molecule has 0 atom stereocenters. The molecule has 5 heteroatoms. The van der Waals surface area contributed by atoms with Gasteiger partial charge in [-0.25, -0.2) is 4.79 Å². The van der Waals surface area contributed by atoms with Crippen LogP contribution in [0.25, 0.3) is 0 Å². The molecular formula is C9H15N3O2. The normalized spacial score (nSPS) is 10.6. The first-order valence-corrected chi connectivity index (χ1v) is 4.43. The van der Waals surface area contributed by atoms with Crippen molar-refractivity contribution in [1.29, 1.82) is 0 Å². The second-order valence-corrected chi connectivity index (χ2v) is 3.35. The summed E-state index contributed by atoms with van der Waals surface area (Å²) in [5.41, 5.74) is 1.24. The molecule has 1 heterocycles. The van der Waals surface area contributed by atoms with Gasteiger partial charge in [-0.1, -0.05) is 0 Å². The standard InChI is InChI=1S/C9H15N3O2/c1-7-8(6-10-11-7)9(13)14-5-4-12(2)3/h6H,4-5H2,1-3H3,(H,10,11). The van der Waals surface area contributed by atoms with Crippen LogP contribution < -0.4 is 0 Å². The predicted molar refractivity (Wildman–Crippen MR) is 52.2 cm³/mol. The van der Waals surface area contributed by atoms with Gasteiger partial charge in [0.25, 0.3) is 0 Å². The molecule has 14 heavy (non-hydrogen) atoms. The van der Waals surface area contributed by atoms with Gasteiger partial charge < -0.3 is 9.64 Å². The quantitative estimate of drug-likeness (QED) is 0.711. The van der Waals surface area contributed by atoms with E-state index in [9.17, 15) is 4.79 Å². The summed E-state index contributed by atoms with van der Waals surface area (Å²) in [6.07, 6.45) is 1.48. The third kappa shape index (κ3) is 2.85. The number of aromatic amines is 1. The summed E-state index contributed by atoms with van der Waals surface area (Å²) in [4.78, 5) is 13.4. The van der Waals surface area contributed by atoms with Gasteiger partial charge in [0.05, 0.1) is 6.20 Å². The molecule has 0 fully saturated rings. The van der Waals surface area contributed by atoms with Crippen LogP contribution >= 0.6 is 0 Å². The highest BCUT2D eigenvalue weighted by atomic mass is 16.5. The topological polar surface area (TPSA) is 58.2 Å². The molecule has 0 aliphatic carbocycles. The zero-order valence-electron chi connectivity index (χ0n) is 8.70. The molecule has 0 unspecified atom stereocenters. The lowest BCUT2D eigenvalue weighted by Gasteiger charge is -2.09. The summed E-state index contributed by atoms with van der Waals surface area (Å²) in [6.45, 7) is 2.91. The Morgan fingerprint density at radius 3 is 2.86 bits per heavy atom. The maximum absolute atomic E-state index is 11.4. The molecule has 1 rings (SSSR count). The summed E-state index contributed by atoms with van der Waals surface area (Å²) in [5, 5.41) is 6.44. The number of hydrogen-bond acceptors (Lipinski definition) is 4. The van der Waals surface area contributed by atoms with Gasteiger partial charge in [-0.15, -0.1) is 0 Å². The van der Waals surface area contributed by atoms with Crippen LogP contribution in [0, 0.1) is 6.92 Å². The van der Waals surface area contributed by atoms with E-state index in [1.807, 2.05) is 19.0 Å². The zero-order valence-corrected chi connectivity index (χ0v) is 8.70. The Morgan fingerprint density at radius 1 is 1.64 bits per heavy atom. The number of aryl methyl sites for hydroxylation is 1. The minimum Gasteiger partial charge on any atom is -0.461 e. The predicted octanol–water partition coefficient (Wildman–Crippen LogP) is 0.437. The molecule has 0 saturated heterocycles. The number of hydrogen-bond donors (Lipinski definition) is 1. The van der Waals surface area contributed by atoms with Gasteiger partial charge in [0.2, 0.25) is 0 Å². The maximum Gasteiger partial charge on any atom is 0.341 e. The SMILES string of the molecule is Cc1[nH]ncc1C(=O)OCCN(C)C. The van der Waals surface area contributed by atoms with Crippen molar-refractivity contribution in [1.82, 2.24) is 15.1 Å². The highest BCUT2D eigenvalue weighted by molar-refractivity contribution is 5.90.